The second-order valence-electron chi connectivity index (χ2n) is 7.61. The van der Waals surface area contributed by atoms with E-state index < -0.39 is 0 Å². The molecular formula is C19H26ClN3O2. The molecule has 0 aromatic carbocycles. The molecule has 3 unspecified atom stereocenters. The Morgan fingerprint density at radius 2 is 2.16 bits per heavy atom. The molecule has 1 aromatic heterocycles. The molecule has 0 spiro atoms. The first-order chi connectivity index (χ1) is 12.2. The third-order valence-corrected chi connectivity index (χ3v) is 6.37. The van der Waals surface area contributed by atoms with E-state index in [4.69, 9.17) is 16.3 Å². The van der Waals surface area contributed by atoms with Crippen molar-refractivity contribution < 1.29 is 9.53 Å². The van der Waals surface area contributed by atoms with Crippen LogP contribution < -0.4 is 5.32 Å². The molecule has 3 fully saturated rings. The van der Waals surface area contributed by atoms with Gasteiger partial charge in [-0.1, -0.05) is 18.0 Å². The van der Waals surface area contributed by atoms with Crippen molar-refractivity contribution in [1.29, 1.82) is 0 Å². The lowest BCUT2D eigenvalue weighted by Gasteiger charge is -2.26. The fourth-order valence-electron chi connectivity index (χ4n) is 4.74. The molecule has 25 heavy (non-hydrogen) atoms. The van der Waals surface area contributed by atoms with Crippen LogP contribution in [-0.2, 0) is 4.74 Å². The van der Waals surface area contributed by atoms with Crippen LogP contribution in [0.1, 0.15) is 42.5 Å². The molecule has 4 rings (SSSR count). The molecule has 136 valence electrons. The summed E-state index contributed by atoms with van der Waals surface area (Å²) < 4.78 is 5.29. The average Bonchev–Trinajstić information content (AvgIpc) is 3.26. The third kappa shape index (κ3) is 3.77. The number of hydrogen-bond donors (Lipinski definition) is 1. The molecule has 1 aromatic rings. The maximum atomic E-state index is 12.5. The summed E-state index contributed by atoms with van der Waals surface area (Å²) in [5.74, 6) is 3.47. The first-order valence-corrected chi connectivity index (χ1v) is 9.85. The van der Waals surface area contributed by atoms with Gasteiger partial charge in [-0.15, -0.1) is 0 Å². The quantitative estimate of drug-likeness (QED) is 0.870. The number of aromatic nitrogens is 1. The van der Waals surface area contributed by atoms with Gasteiger partial charge in [-0.05, 0) is 49.5 Å². The molecule has 5 nitrogen and oxygen atoms in total. The topological polar surface area (TPSA) is 54.5 Å². The number of fused-ring (bicyclic) bond motifs is 2. The van der Waals surface area contributed by atoms with Crippen LogP contribution in [0.25, 0.3) is 0 Å². The lowest BCUT2D eigenvalue weighted by Crippen LogP contribution is -2.40. The number of halogens is 1. The largest absolute Gasteiger partial charge is 0.378 e. The summed E-state index contributed by atoms with van der Waals surface area (Å²) in [5, 5.41) is 3.88. The molecule has 1 aliphatic heterocycles. The highest BCUT2D eigenvalue weighted by Crippen LogP contribution is 2.49. The van der Waals surface area contributed by atoms with Crippen LogP contribution in [0, 0.1) is 17.8 Å². The maximum Gasteiger partial charge on any atom is 0.255 e. The lowest BCUT2D eigenvalue weighted by molar-refractivity contribution is 0.0302. The third-order valence-electron chi connectivity index (χ3n) is 6.08. The molecule has 3 atom stereocenters. The van der Waals surface area contributed by atoms with E-state index in [0.717, 1.165) is 24.3 Å². The molecule has 2 saturated carbocycles. The number of carbonyl (C=O) groups is 1. The van der Waals surface area contributed by atoms with Crippen molar-refractivity contribution in [2.24, 2.45) is 17.8 Å². The Balaban J connectivity index is 1.31. The minimum atomic E-state index is -0.0220. The molecule has 2 aliphatic carbocycles. The van der Waals surface area contributed by atoms with Crippen LogP contribution in [-0.4, -0.2) is 48.6 Å². The van der Waals surface area contributed by atoms with Crippen molar-refractivity contribution in [1.82, 2.24) is 9.88 Å². The molecular weight excluding hydrogens is 338 g/mol. The van der Waals surface area contributed by atoms with E-state index in [1.54, 1.807) is 17.2 Å². The fraction of sp³-hybridized carbons (Fsp3) is 0.684. The van der Waals surface area contributed by atoms with Crippen LogP contribution in [0.5, 0.6) is 0 Å². The molecule has 1 N–H and O–H groups in total. The van der Waals surface area contributed by atoms with Crippen molar-refractivity contribution in [2.75, 3.05) is 38.2 Å². The summed E-state index contributed by atoms with van der Waals surface area (Å²) in [6.07, 6.45) is 8.53. The van der Waals surface area contributed by atoms with E-state index in [2.05, 4.69) is 10.3 Å². The molecule has 2 bridgehead atoms. The van der Waals surface area contributed by atoms with E-state index in [-0.39, 0.29) is 5.91 Å². The van der Waals surface area contributed by atoms with Crippen molar-refractivity contribution >= 4 is 23.3 Å². The highest BCUT2D eigenvalue weighted by atomic mass is 35.5. The van der Waals surface area contributed by atoms with E-state index in [1.165, 1.54) is 32.1 Å². The molecule has 1 amide bonds. The van der Waals surface area contributed by atoms with Gasteiger partial charge < -0.3 is 15.0 Å². The van der Waals surface area contributed by atoms with Crippen molar-refractivity contribution in [3.8, 4) is 0 Å². The van der Waals surface area contributed by atoms with Gasteiger partial charge in [-0.3, -0.25) is 4.79 Å². The number of morpholine rings is 1. The zero-order chi connectivity index (χ0) is 17.2. The van der Waals surface area contributed by atoms with Gasteiger partial charge in [0.25, 0.3) is 5.91 Å². The molecule has 0 radical (unpaired) electrons. The van der Waals surface area contributed by atoms with E-state index in [0.29, 0.717) is 42.7 Å². The van der Waals surface area contributed by atoms with E-state index in [9.17, 15) is 4.79 Å². The number of amides is 1. The van der Waals surface area contributed by atoms with Crippen LogP contribution in [0.2, 0.25) is 5.02 Å². The van der Waals surface area contributed by atoms with Crippen LogP contribution >= 0.6 is 11.6 Å². The molecule has 1 saturated heterocycles. The Morgan fingerprint density at radius 1 is 1.32 bits per heavy atom. The molecule has 2 heterocycles. The summed E-state index contributed by atoms with van der Waals surface area (Å²) in [6.45, 7) is 3.34. The fourth-order valence-corrected chi connectivity index (χ4v) is 4.97. The van der Waals surface area contributed by atoms with Gasteiger partial charge in [0.1, 0.15) is 5.82 Å². The number of ether oxygens (including phenoxy) is 1. The lowest BCUT2D eigenvalue weighted by atomic mass is 9.86. The minimum absolute atomic E-state index is 0.0220. The second-order valence-corrected chi connectivity index (χ2v) is 8.02. The summed E-state index contributed by atoms with van der Waals surface area (Å²) in [5.41, 5.74) is 0.547. The SMILES string of the molecule is O=C(c1cnc(NCCC2CC3CCC2C3)c(Cl)c1)N1CCOCC1. The Labute approximate surface area is 154 Å². The van der Waals surface area contributed by atoms with Crippen LogP contribution in [0.4, 0.5) is 5.82 Å². The summed E-state index contributed by atoms with van der Waals surface area (Å²) >= 11 is 6.35. The van der Waals surface area contributed by atoms with Crippen molar-refractivity contribution in [2.45, 2.75) is 32.1 Å². The smallest absolute Gasteiger partial charge is 0.255 e. The minimum Gasteiger partial charge on any atom is -0.378 e. The van der Waals surface area contributed by atoms with Gasteiger partial charge in [0, 0.05) is 25.8 Å². The van der Waals surface area contributed by atoms with E-state index >= 15 is 0 Å². The van der Waals surface area contributed by atoms with Gasteiger partial charge in [-0.2, -0.15) is 0 Å². The van der Waals surface area contributed by atoms with Crippen molar-refractivity contribution in [3.05, 3.63) is 22.8 Å². The van der Waals surface area contributed by atoms with Crippen LogP contribution in [0.3, 0.4) is 0 Å². The zero-order valence-corrected chi connectivity index (χ0v) is 15.3. The Bertz CT molecular complexity index is 633. The average molecular weight is 364 g/mol. The predicted octanol–water partition coefficient (Wildman–Crippen LogP) is 3.45. The second kappa shape index (κ2) is 7.50. The molecule has 3 aliphatic rings. The van der Waals surface area contributed by atoms with Gasteiger partial charge >= 0.3 is 0 Å². The number of anilines is 1. The maximum absolute atomic E-state index is 12.5. The van der Waals surface area contributed by atoms with Crippen molar-refractivity contribution in [3.63, 3.8) is 0 Å². The Hall–Kier alpha value is -1.33. The van der Waals surface area contributed by atoms with Crippen LogP contribution in [0.15, 0.2) is 12.3 Å². The Morgan fingerprint density at radius 3 is 2.84 bits per heavy atom. The first kappa shape index (κ1) is 17.1. The summed E-state index contributed by atoms with van der Waals surface area (Å²) in [6, 6.07) is 1.73. The highest BCUT2D eigenvalue weighted by molar-refractivity contribution is 6.33. The van der Waals surface area contributed by atoms with Gasteiger partial charge in [0.15, 0.2) is 0 Å². The number of carbonyl (C=O) groups excluding carboxylic acids is 1. The van der Waals surface area contributed by atoms with Gasteiger partial charge in [-0.25, -0.2) is 4.98 Å². The monoisotopic (exact) mass is 363 g/mol. The first-order valence-electron chi connectivity index (χ1n) is 9.47. The number of rotatable bonds is 5. The number of pyridine rings is 1. The van der Waals surface area contributed by atoms with E-state index in [1.807, 2.05) is 0 Å². The Kier molecular flexibility index (Phi) is 5.13. The number of nitrogens with zero attached hydrogens (tertiary/aromatic N) is 2. The number of hydrogen-bond acceptors (Lipinski definition) is 4. The summed E-state index contributed by atoms with van der Waals surface area (Å²) in [4.78, 5) is 18.7. The summed E-state index contributed by atoms with van der Waals surface area (Å²) in [7, 11) is 0. The zero-order valence-electron chi connectivity index (χ0n) is 14.5. The van der Waals surface area contributed by atoms with Gasteiger partial charge in [0.05, 0.1) is 23.8 Å². The standard InChI is InChI=1S/C19H26ClN3O2/c20-17-11-16(19(24)23-5-7-25-8-6-23)12-22-18(17)21-4-3-15-10-13-1-2-14(15)9-13/h11-15H,1-10H2,(H,21,22). The predicted molar refractivity (Wildman–Crippen MR) is 98.0 cm³/mol. The normalized spacial score (nSPS) is 28.4. The highest BCUT2D eigenvalue weighted by Gasteiger charge is 2.38. The van der Waals surface area contributed by atoms with Gasteiger partial charge in [0.2, 0.25) is 0 Å². The number of nitrogens with one attached hydrogen (secondary N) is 1. The molecule has 6 heteroatoms.